The number of aromatic nitrogens is 2. The van der Waals surface area contributed by atoms with E-state index in [4.69, 9.17) is 16.3 Å². The molecule has 9 heteroatoms. The first kappa shape index (κ1) is 19.4. The molecule has 3 rings (SSSR count). The van der Waals surface area contributed by atoms with E-state index in [0.717, 1.165) is 17.8 Å². The highest BCUT2D eigenvalue weighted by Crippen LogP contribution is 2.33. The highest BCUT2D eigenvalue weighted by molar-refractivity contribution is 7.98. The number of hydrogen-bond acceptors (Lipinski definition) is 4. The quantitative estimate of drug-likeness (QED) is 0.276. The number of hydrogen-bond donors (Lipinski definition) is 0. The number of ether oxygens (including phenoxy) is 1. The SMILES string of the molecule is Fc1cccc(CSc2nc(Oc3ccc(Cl)cc3)cc(C(F)(F)F)n2)c1. The maximum atomic E-state index is 13.2. The van der Waals surface area contributed by atoms with E-state index in [-0.39, 0.29) is 22.5 Å². The molecule has 0 N–H and O–H groups in total. The van der Waals surface area contributed by atoms with Crippen LogP contribution < -0.4 is 4.74 Å². The van der Waals surface area contributed by atoms with Crippen LogP contribution in [-0.2, 0) is 11.9 Å². The van der Waals surface area contributed by atoms with Crippen LogP contribution in [0.1, 0.15) is 11.3 Å². The summed E-state index contributed by atoms with van der Waals surface area (Å²) in [4.78, 5) is 7.53. The van der Waals surface area contributed by atoms with Crippen molar-refractivity contribution in [2.24, 2.45) is 0 Å². The second-order valence-corrected chi connectivity index (χ2v) is 6.73. The van der Waals surface area contributed by atoms with Crippen LogP contribution in [0.2, 0.25) is 5.02 Å². The number of alkyl halides is 3. The fourth-order valence-electron chi connectivity index (χ4n) is 2.06. The minimum absolute atomic E-state index is 0.127. The van der Waals surface area contributed by atoms with Crippen LogP contribution in [0.15, 0.2) is 59.8 Å². The van der Waals surface area contributed by atoms with E-state index in [9.17, 15) is 17.6 Å². The Hall–Kier alpha value is -2.32. The zero-order valence-corrected chi connectivity index (χ0v) is 15.1. The number of halogens is 5. The van der Waals surface area contributed by atoms with Crippen molar-refractivity contribution in [1.29, 1.82) is 0 Å². The van der Waals surface area contributed by atoms with E-state index in [1.807, 2.05) is 0 Å². The monoisotopic (exact) mass is 414 g/mol. The van der Waals surface area contributed by atoms with Gasteiger partial charge in [0.25, 0.3) is 0 Å². The summed E-state index contributed by atoms with van der Waals surface area (Å²) in [6, 6.07) is 12.6. The first-order chi connectivity index (χ1) is 12.8. The van der Waals surface area contributed by atoms with Gasteiger partial charge in [-0.05, 0) is 42.0 Å². The average Bonchev–Trinajstić information content (AvgIpc) is 2.61. The summed E-state index contributed by atoms with van der Waals surface area (Å²) in [7, 11) is 0. The van der Waals surface area contributed by atoms with Gasteiger partial charge in [-0.3, -0.25) is 0 Å². The Bertz CT molecular complexity index is 935. The van der Waals surface area contributed by atoms with Gasteiger partial charge in [-0.15, -0.1) is 0 Å². The molecule has 2 aromatic carbocycles. The number of nitrogens with zero attached hydrogens (tertiary/aromatic N) is 2. The van der Waals surface area contributed by atoms with Crippen LogP contribution >= 0.6 is 23.4 Å². The summed E-state index contributed by atoms with van der Waals surface area (Å²) in [5.41, 5.74) is -0.524. The lowest BCUT2D eigenvalue weighted by Crippen LogP contribution is -2.10. The minimum Gasteiger partial charge on any atom is -0.439 e. The largest absolute Gasteiger partial charge is 0.439 e. The molecule has 140 valence electrons. The van der Waals surface area contributed by atoms with Crippen LogP contribution in [0.5, 0.6) is 11.6 Å². The molecule has 0 bridgehead atoms. The molecule has 1 heterocycles. The summed E-state index contributed by atoms with van der Waals surface area (Å²) in [5, 5.41) is 0.338. The van der Waals surface area contributed by atoms with Crippen molar-refractivity contribution in [2.75, 3.05) is 0 Å². The molecule has 0 saturated carbocycles. The lowest BCUT2D eigenvalue weighted by molar-refractivity contribution is -0.141. The summed E-state index contributed by atoms with van der Waals surface area (Å²) in [5.74, 6) is -0.182. The standard InChI is InChI=1S/C18H11ClF4N2OS/c19-12-4-6-14(7-5-12)26-16-9-15(18(21,22)23)24-17(25-16)27-10-11-2-1-3-13(20)8-11/h1-9H,10H2. The van der Waals surface area contributed by atoms with Crippen LogP contribution in [0.3, 0.4) is 0 Å². The highest BCUT2D eigenvalue weighted by Gasteiger charge is 2.34. The maximum absolute atomic E-state index is 13.2. The molecule has 0 aliphatic heterocycles. The second-order valence-electron chi connectivity index (χ2n) is 5.35. The fourth-order valence-corrected chi connectivity index (χ4v) is 2.98. The van der Waals surface area contributed by atoms with Crippen molar-refractivity contribution in [3.8, 4) is 11.6 Å². The third-order valence-corrected chi connectivity index (χ3v) is 4.44. The number of thioether (sulfide) groups is 1. The maximum Gasteiger partial charge on any atom is 0.433 e. The Balaban J connectivity index is 1.85. The van der Waals surface area contributed by atoms with Crippen LogP contribution in [0, 0.1) is 5.82 Å². The van der Waals surface area contributed by atoms with Crippen molar-refractivity contribution in [2.45, 2.75) is 17.1 Å². The summed E-state index contributed by atoms with van der Waals surface area (Å²) in [6.07, 6.45) is -4.66. The lowest BCUT2D eigenvalue weighted by Gasteiger charge is -2.11. The second kappa shape index (κ2) is 8.14. The Morgan fingerprint density at radius 1 is 1.00 bits per heavy atom. The van der Waals surface area contributed by atoms with Gasteiger partial charge >= 0.3 is 6.18 Å². The third kappa shape index (κ3) is 5.58. The van der Waals surface area contributed by atoms with Crippen LogP contribution in [-0.4, -0.2) is 9.97 Å². The third-order valence-electron chi connectivity index (χ3n) is 3.27. The van der Waals surface area contributed by atoms with Gasteiger partial charge in [0.1, 0.15) is 11.6 Å². The van der Waals surface area contributed by atoms with E-state index in [1.54, 1.807) is 18.2 Å². The van der Waals surface area contributed by atoms with Gasteiger partial charge in [0.2, 0.25) is 5.88 Å². The molecule has 3 aromatic rings. The Kier molecular flexibility index (Phi) is 5.86. The molecule has 0 spiro atoms. The molecule has 0 aliphatic rings. The molecule has 0 aliphatic carbocycles. The molecule has 0 fully saturated rings. The van der Waals surface area contributed by atoms with Crippen LogP contribution in [0.25, 0.3) is 0 Å². The van der Waals surface area contributed by atoms with E-state index in [2.05, 4.69) is 9.97 Å². The normalized spacial score (nSPS) is 11.4. The predicted molar refractivity (Wildman–Crippen MR) is 94.5 cm³/mol. The van der Waals surface area contributed by atoms with Gasteiger partial charge in [0.05, 0.1) is 0 Å². The molecule has 0 amide bonds. The zero-order valence-electron chi connectivity index (χ0n) is 13.5. The van der Waals surface area contributed by atoms with Crippen molar-refractivity contribution < 1.29 is 22.3 Å². The minimum atomic E-state index is -4.66. The number of benzene rings is 2. The predicted octanol–water partition coefficient (Wildman–Crippen LogP) is 6.37. The first-order valence-electron chi connectivity index (χ1n) is 7.56. The molecule has 0 unspecified atom stereocenters. The van der Waals surface area contributed by atoms with Gasteiger partial charge in [-0.1, -0.05) is 35.5 Å². The van der Waals surface area contributed by atoms with Gasteiger partial charge in [0, 0.05) is 16.8 Å². The van der Waals surface area contributed by atoms with Gasteiger partial charge in [0.15, 0.2) is 10.9 Å². The molecule has 27 heavy (non-hydrogen) atoms. The summed E-state index contributed by atoms with van der Waals surface area (Å²) < 4.78 is 58.0. The first-order valence-corrected chi connectivity index (χ1v) is 8.93. The van der Waals surface area contributed by atoms with Crippen LogP contribution in [0.4, 0.5) is 17.6 Å². The van der Waals surface area contributed by atoms with E-state index in [0.29, 0.717) is 10.6 Å². The lowest BCUT2D eigenvalue weighted by atomic mass is 10.2. The fraction of sp³-hybridized carbons (Fsp3) is 0.111. The van der Waals surface area contributed by atoms with E-state index >= 15 is 0 Å². The molecule has 0 saturated heterocycles. The summed E-state index contributed by atoms with van der Waals surface area (Å²) in [6.45, 7) is 0. The highest BCUT2D eigenvalue weighted by atomic mass is 35.5. The molecular formula is C18H11ClF4N2OS. The Morgan fingerprint density at radius 3 is 2.41 bits per heavy atom. The Labute approximate surface area is 161 Å². The van der Waals surface area contributed by atoms with Crippen molar-refractivity contribution >= 4 is 23.4 Å². The topological polar surface area (TPSA) is 35.0 Å². The molecular weight excluding hydrogens is 404 g/mol. The van der Waals surface area contributed by atoms with Crippen molar-refractivity contribution in [3.63, 3.8) is 0 Å². The molecule has 3 nitrogen and oxygen atoms in total. The van der Waals surface area contributed by atoms with Gasteiger partial charge in [-0.25, -0.2) is 9.37 Å². The molecule has 1 aromatic heterocycles. The van der Waals surface area contributed by atoms with Crippen molar-refractivity contribution in [1.82, 2.24) is 9.97 Å². The van der Waals surface area contributed by atoms with Gasteiger partial charge < -0.3 is 4.74 Å². The van der Waals surface area contributed by atoms with Gasteiger partial charge in [-0.2, -0.15) is 18.2 Å². The van der Waals surface area contributed by atoms with E-state index in [1.165, 1.54) is 30.3 Å². The summed E-state index contributed by atoms with van der Waals surface area (Å²) >= 11 is 6.73. The van der Waals surface area contributed by atoms with E-state index < -0.39 is 17.7 Å². The average molecular weight is 415 g/mol. The molecule has 0 radical (unpaired) electrons. The zero-order chi connectivity index (χ0) is 19.4. The smallest absolute Gasteiger partial charge is 0.433 e. The number of rotatable bonds is 5. The van der Waals surface area contributed by atoms with Crippen molar-refractivity contribution in [3.05, 3.63) is 76.7 Å². The Morgan fingerprint density at radius 2 is 1.74 bits per heavy atom. The molecule has 0 atom stereocenters.